The fraction of sp³-hybridized carbons (Fsp3) is 0.600. The minimum absolute atomic E-state index is 0.196. The fourth-order valence-electron chi connectivity index (χ4n) is 4.00. The average molecular weight is 344 g/mol. The monoisotopic (exact) mass is 344 g/mol. The number of aryl methyl sites for hydroxylation is 1. The van der Waals surface area contributed by atoms with Crippen molar-refractivity contribution in [2.45, 2.75) is 45.4 Å². The molecule has 2 heterocycles. The van der Waals surface area contributed by atoms with Gasteiger partial charge in [0.25, 0.3) is 0 Å². The molecule has 1 fully saturated rings. The molecule has 5 heteroatoms. The van der Waals surface area contributed by atoms with Crippen molar-refractivity contribution in [3.05, 3.63) is 29.3 Å². The lowest BCUT2D eigenvalue weighted by atomic mass is 9.96. The Bertz CT molecular complexity index is 644. The highest BCUT2D eigenvalue weighted by Gasteiger charge is 2.25. The number of aliphatic carboxylic acids is 1. The molecule has 1 atom stereocenters. The van der Waals surface area contributed by atoms with Crippen LogP contribution in [-0.4, -0.2) is 48.1 Å². The van der Waals surface area contributed by atoms with Crippen LogP contribution in [0.5, 0.6) is 0 Å². The summed E-state index contributed by atoms with van der Waals surface area (Å²) in [6.07, 6.45) is 5.29. The van der Waals surface area contributed by atoms with E-state index in [1.165, 1.54) is 11.1 Å². The van der Waals surface area contributed by atoms with E-state index in [-0.39, 0.29) is 11.8 Å². The number of rotatable bonds is 5. The van der Waals surface area contributed by atoms with Gasteiger partial charge in [0.2, 0.25) is 5.91 Å². The Balaban J connectivity index is 1.63. The number of benzene rings is 1. The Kier molecular flexibility index (Phi) is 5.74. The lowest BCUT2D eigenvalue weighted by Crippen LogP contribution is -2.39. The Hall–Kier alpha value is -1.88. The zero-order valence-electron chi connectivity index (χ0n) is 15.0. The number of hydrogen-bond acceptors (Lipinski definition) is 3. The smallest absolute Gasteiger partial charge is 0.307 e. The molecule has 1 N–H and O–H groups in total. The van der Waals surface area contributed by atoms with Gasteiger partial charge >= 0.3 is 5.97 Å². The second kappa shape index (κ2) is 8.00. The van der Waals surface area contributed by atoms with Crippen molar-refractivity contribution in [3.8, 4) is 0 Å². The quantitative estimate of drug-likeness (QED) is 0.892. The molecule has 3 rings (SSSR count). The minimum Gasteiger partial charge on any atom is -0.481 e. The third kappa shape index (κ3) is 4.21. The first-order valence-corrected chi connectivity index (χ1v) is 9.45. The molecule has 0 aliphatic carbocycles. The summed E-state index contributed by atoms with van der Waals surface area (Å²) in [5.74, 6) is -0.688. The van der Waals surface area contributed by atoms with Gasteiger partial charge in [-0.2, -0.15) is 0 Å². The van der Waals surface area contributed by atoms with Crippen molar-refractivity contribution in [2.24, 2.45) is 5.92 Å². The summed E-state index contributed by atoms with van der Waals surface area (Å²) in [5.41, 5.74) is 3.63. The second-order valence-corrected chi connectivity index (χ2v) is 7.19. The summed E-state index contributed by atoms with van der Waals surface area (Å²) in [4.78, 5) is 27.5. The third-order valence-corrected chi connectivity index (χ3v) is 5.44. The van der Waals surface area contributed by atoms with Gasteiger partial charge < -0.3 is 14.9 Å². The van der Waals surface area contributed by atoms with Gasteiger partial charge in [-0.1, -0.05) is 19.1 Å². The van der Waals surface area contributed by atoms with Crippen LogP contribution >= 0.6 is 0 Å². The number of fused-ring (bicyclic) bond motifs is 1. The number of likely N-dealkylation sites (tertiary alicyclic amines) is 1. The van der Waals surface area contributed by atoms with Gasteiger partial charge in [-0.25, -0.2) is 0 Å². The Morgan fingerprint density at radius 3 is 2.84 bits per heavy atom. The molecule has 136 valence electrons. The summed E-state index contributed by atoms with van der Waals surface area (Å²) in [6, 6.07) is 6.45. The molecule has 5 nitrogen and oxygen atoms in total. The molecular formula is C20H28N2O3. The number of hydrogen-bond donors (Lipinski definition) is 1. The van der Waals surface area contributed by atoms with Crippen molar-refractivity contribution in [1.29, 1.82) is 0 Å². The molecule has 1 saturated heterocycles. The van der Waals surface area contributed by atoms with E-state index in [0.717, 1.165) is 57.4 Å². The predicted octanol–water partition coefficient (Wildman–Crippen LogP) is 2.71. The number of nitrogens with zero attached hydrogens (tertiary/aromatic N) is 2. The van der Waals surface area contributed by atoms with Gasteiger partial charge in [0, 0.05) is 31.7 Å². The van der Waals surface area contributed by atoms with Crippen LogP contribution < -0.4 is 4.90 Å². The van der Waals surface area contributed by atoms with Gasteiger partial charge in [0.1, 0.15) is 0 Å². The maximum atomic E-state index is 12.1. The summed E-state index contributed by atoms with van der Waals surface area (Å²) < 4.78 is 0. The van der Waals surface area contributed by atoms with E-state index < -0.39 is 5.97 Å². The standard InChI is InChI=1S/C20H28N2O3/c1-2-19(23)22-11-4-5-16-13-15(7-8-18(16)22)9-12-21-10-3-6-17(14-21)20(24)25/h7-8,13,17H,2-6,9-12,14H2,1H3,(H,24,25). The van der Waals surface area contributed by atoms with Crippen molar-refractivity contribution < 1.29 is 14.7 Å². The van der Waals surface area contributed by atoms with E-state index in [2.05, 4.69) is 23.1 Å². The van der Waals surface area contributed by atoms with Crippen molar-refractivity contribution in [2.75, 3.05) is 31.1 Å². The van der Waals surface area contributed by atoms with Gasteiger partial charge in [-0.3, -0.25) is 9.59 Å². The normalized spacial score (nSPS) is 21.0. The summed E-state index contributed by atoms with van der Waals surface area (Å²) in [5, 5.41) is 9.20. The van der Waals surface area contributed by atoms with Crippen LogP contribution in [0, 0.1) is 5.92 Å². The number of amides is 1. The molecule has 0 saturated carbocycles. The van der Waals surface area contributed by atoms with Crippen LogP contribution in [0.25, 0.3) is 0 Å². The van der Waals surface area contributed by atoms with Gasteiger partial charge in [0.05, 0.1) is 5.92 Å². The number of piperidine rings is 1. The SMILES string of the molecule is CCC(=O)N1CCCc2cc(CCN3CCCC(C(=O)O)C3)ccc21. The summed E-state index contributed by atoms with van der Waals surface area (Å²) >= 11 is 0. The number of carbonyl (C=O) groups is 2. The molecule has 0 radical (unpaired) electrons. The third-order valence-electron chi connectivity index (χ3n) is 5.44. The second-order valence-electron chi connectivity index (χ2n) is 7.19. The average Bonchev–Trinajstić information content (AvgIpc) is 2.65. The maximum absolute atomic E-state index is 12.1. The highest BCUT2D eigenvalue weighted by atomic mass is 16.4. The molecule has 1 amide bonds. The fourth-order valence-corrected chi connectivity index (χ4v) is 4.00. The van der Waals surface area contributed by atoms with E-state index in [1.54, 1.807) is 0 Å². The molecule has 1 unspecified atom stereocenters. The molecule has 2 aliphatic rings. The molecule has 2 aliphatic heterocycles. The summed E-state index contributed by atoms with van der Waals surface area (Å²) in [6.45, 7) is 5.30. The largest absolute Gasteiger partial charge is 0.481 e. The number of carbonyl (C=O) groups excluding carboxylic acids is 1. The summed E-state index contributed by atoms with van der Waals surface area (Å²) in [7, 11) is 0. The van der Waals surface area contributed by atoms with Crippen LogP contribution in [0.1, 0.15) is 43.7 Å². The van der Waals surface area contributed by atoms with E-state index in [0.29, 0.717) is 13.0 Å². The molecule has 0 spiro atoms. The van der Waals surface area contributed by atoms with Crippen LogP contribution in [0.3, 0.4) is 0 Å². The highest BCUT2D eigenvalue weighted by Crippen LogP contribution is 2.29. The predicted molar refractivity (Wildman–Crippen MR) is 97.9 cm³/mol. The molecule has 1 aromatic carbocycles. The molecular weight excluding hydrogens is 316 g/mol. The lowest BCUT2D eigenvalue weighted by Gasteiger charge is -2.31. The van der Waals surface area contributed by atoms with E-state index >= 15 is 0 Å². The van der Waals surface area contributed by atoms with E-state index in [4.69, 9.17) is 0 Å². The van der Waals surface area contributed by atoms with Crippen LogP contribution in [0.4, 0.5) is 5.69 Å². The Labute approximate surface area is 149 Å². The van der Waals surface area contributed by atoms with E-state index in [9.17, 15) is 14.7 Å². The topological polar surface area (TPSA) is 60.9 Å². The number of carboxylic acid groups (broad SMARTS) is 1. The zero-order chi connectivity index (χ0) is 17.8. The number of anilines is 1. The van der Waals surface area contributed by atoms with Crippen molar-refractivity contribution >= 4 is 17.6 Å². The highest BCUT2D eigenvalue weighted by molar-refractivity contribution is 5.94. The van der Waals surface area contributed by atoms with Crippen LogP contribution in [0.15, 0.2) is 18.2 Å². The molecule has 25 heavy (non-hydrogen) atoms. The van der Waals surface area contributed by atoms with Gasteiger partial charge in [-0.05, 0) is 55.8 Å². The van der Waals surface area contributed by atoms with Crippen molar-refractivity contribution in [3.63, 3.8) is 0 Å². The first-order chi connectivity index (χ1) is 12.1. The van der Waals surface area contributed by atoms with Crippen molar-refractivity contribution in [1.82, 2.24) is 4.90 Å². The zero-order valence-corrected chi connectivity index (χ0v) is 15.0. The lowest BCUT2D eigenvalue weighted by molar-refractivity contribution is -0.143. The van der Waals surface area contributed by atoms with Crippen LogP contribution in [0.2, 0.25) is 0 Å². The Morgan fingerprint density at radius 2 is 2.08 bits per heavy atom. The van der Waals surface area contributed by atoms with Gasteiger partial charge in [0.15, 0.2) is 0 Å². The number of carboxylic acids is 1. The minimum atomic E-state index is -0.667. The molecule has 0 bridgehead atoms. The molecule has 0 aromatic heterocycles. The van der Waals surface area contributed by atoms with Crippen LogP contribution in [-0.2, 0) is 22.4 Å². The van der Waals surface area contributed by atoms with E-state index in [1.807, 2.05) is 11.8 Å². The maximum Gasteiger partial charge on any atom is 0.307 e. The Morgan fingerprint density at radius 1 is 1.24 bits per heavy atom. The first kappa shape index (κ1) is 17.9. The first-order valence-electron chi connectivity index (χ1n) is 9.45. The molecule has 1 aromatic rings. The van der Waals surface area contributed by atoms with Gasteiger partial charge in [-0.15, -0.1) is 0 Å².